The third-order valence-corrected chi connectivity index (χ3v) is 4.04. The Morgan fingerprint density at radius 1 is 1.38 bits per heavy atom. The highest BCUT2D eigenvalue weighted by Crippen LogP contribution is 2.22. The maximum absolute atomic E-state index is 12.1. The van der Waals surface area contributed by atoms with E-state index in [2.05, 4.69) is 15.2 Å². The molecule has 1 saturated carbocycles. The number of nitrogens with zero attached hydrogens (tertiary/aromatic N) is 2. The molecular formula is C16H25N3O2. The first kappa shape index (κ1) is 15.9. The number of carbonyl (C=O) groups excluding carboxylic acids is 1. The van der Waals surface area contributed by atoms with E-state index in [9.17, 15) is 9.90 Å². The molecule has 2 rings (SSSR count). The van der Waals surface area contributed by atoms with Crippen molar-refractivity contribution in [3.8, 4) is 0 Å². The molecule has 1 aromatic rings. The summed E-state index contributed by atoms with van der Waals surface area (Å²) in [6, 6.07) is 4.25. The van der Waals surface area contributed by atoms with Crippen LogP contribution in [0.4, 0.5) is 0 Å². The summed E-state index contributed by atoms with van der Waals surface area (Å²) < 4.78 is 0. The molecule has 0 aliphatic heterocycles. The summed E-state index contributed by atoms with van der Waals surface area (Å²) in [4.78, 5) is 18.2. The smallest absolute Gasteiger partial charge is 0.234 e. The van der Waals surface area contributed by atoms with E-state index in [1.807, 2.05) is 12.1 Å². The molecule has 0 bridgehead atoms. The van der Waals surface area contributed by atoms with Gasteiger partial charge < -0.3 is 10.4 Å². The maximum Gasteiger partial charge on any atom is 0.234 e. The lowest BCUT2D eigenvalue weighted by atomic mass is 9.94. The van der Waals surface area contributed by atoms with Gasteiger partial charge in [-0.2, -0.15) is 0 Å². The molecule has 0 spiro atoms. The van der Waals surface area contributed by atoms with Crippen molar-refractivity contribution in [1.82, 2.24) is 15.2 Å². The minimum Gasteiger partial charge on any atom is -0.395 e. The normalized spacial score (nSPS) is 16.1. The zero-order chi connectivity index (χ0) is 14.9. The van der Waals surface area contributed by atoms with Gasteiger partial charge in [-0.3, -0.25) is 14.7 Å². The first-order valence-corrected chi connectivity index (χ1v) is 7.80. The number of rotatable bonds is 7. The molecule has 1 fully saturated rings. The fraction of sp³-hybridized carbons (Fsp3) is 0.625. The second-order valence-electron chi connectivity index (χ2n) is 5.62. The molecule has 116 valence electrons. The summed E-state index contributed by atoms with van der Waals surface area (Å²) in [6.07, 6.45) is 9.49. The summed E-state index contributed by atoms with van der Waals surface area (Å²) in [7, 11) is 0. The number of carbonyl (C=O) groups is 1. The van der Waals surface area contributed by atoms with Crippen molar-refractivity contribution in [2.75, 3.05) is 19.7 Å². The highest BCUT2D eigenvalue weighted by molar-refractivity contribution is 5.78. The predicted octanol–water partition coefficient (Wildman–Crippen LogP) is 1.32. The Hall–Kier alpha value is -1.46. The predicted molar refractivity (Wildman–Crippen MR) is 81.6 cm³/mol. The van der Waals surface area contributed by atoms with Crippen LogP contribution in [0.2, 0.25) is 0 Å². The quantitative estimate of drug-likeness (QED) is 0.795. The molecule has 1 aromatic heterocycles. The van der Waals surface area contributed by atoms with Gasteiger partial charge in [0.1, 0.15) is 0 Å². The molecule has 1 amide bonds. The monoisotopic (exact) mass is 291 g/mol. The number of aromatic nitrogens is 1. The lowest BCUT2D eigenvalue weighted by Crippen LogP contribution is -2.45. The zero-order valence-electron chi connectivity index (χ0n) is 12.5. The lowest BCUT2D eigenvalue weighted by molar-refractivity contribution is -0.123. The fourth-order valence-electron chi connectivity index (χ4n) is 2.91. The standard InChI is InChI=1S/C16H25N3O2/c20-10-9-19(15-6-2-1-3-7-15)13-16(21)18-12-14-5-4-8-17-11-14/h4-5,8,11,15,20H,1-3,6-7,9-10,12-13H2,(H,18,21). The molecule has 0 radical (unpaired) electrons. The van der Waals surface area contributed by atoms with E-state index in [-0.39, 0.29) is 12.5 Å². The van der Waals surface area contributed by atoms with Gasteiger partial charge in [-0.1, -0.05) is 25.3 Å². The Morgan fingerprint density at radius 2 is 2.19 bits per heavy atom. The summed E-state index contributed by atoms with van der Waals surface area (Å²) >= 11 is 0. The van der Waals surface area contributed by atoms with Gasteiger partial charge >= 0.3 is 0 Å². The van der Waals surface area contributed by atoms with E-state index in [1.165, 1.54) is 19.3 Å². The van der Waals surface area contributed by atoms with Crippen molar-refractivity contribution in [2.45, 2.75) is 44.7 Å². The molecule has 5 nitrogen and oxygen atoms in total. The lowest BCUT2D eigenvalue weighted by Gasteiger charge is -2.33. The van der Waals surface area contributed by atoms with Crippen LogP contribution in [0.1, 0.15) is 37.7 Å². The molecule has 0 aromatic carbocycles. The average Bonchev–Trinajstić information content (AvgIpc) is 2.54. The van der Waals surface area contributed by atoms with E-state index in [0.717, 1.165) is 18.4 Å². The van der Waals surface area contributed by atoms with Crippen molar-refractivity contribution >= 4 is 5.91 Å². The van der Waals surface area contributed by atoms with Crippen molar-refractivity contribution in [2.24, 2.45) is 0 Å². The third-order valence-electron chi connectivity index (χ3n) is 4.04. The van der Waals surface area contributed by atoms with Crippen molar-refractivity contribution in [1.29, 1.82) is 0 Å². The van der Waals surface area contributed by atoms with E-state index < -0.39 is 0 Å². The first-order chi connectivity index (χ1) is 10.3. The molecule has 21 heavy (non-hydrogen) atoms. The highest BCUT2D eigenvalue weighted by atomic mass is 16.3. The molecular weight excluding hydrogens is 266 g/mol. The minimum absolute atomic E-state index is 0.0119. The van der Waals surface area contributed by atoms with Crippen LogP contribution in [-0.4, -0.2) is 46.6 Å². The number of pyridine rings is 1. The van der Waals surface area contributed by atoms with E-state index in [1.54, 1.807) is 12.4 Å². The summed E-state index contributed by atoms with van der Waals surface area (Å²) in [5, 5.41) is 12.1. The van der Waals surface area contributed by atoms with E-state index in [0.29, 0.717) is 25.7 Å². The second-order valence-corrected chi connectivity index (χ2v) is 5.62. The molecule has 1 aliphatic rings. The number of nitrogens with one attached hydrogen (secondary N) is 1. The SMILES string of the molecule is O=C(CN(CCO)C1CCCCC1)NCc1cccnc1. The van der Waals surface area contributed by atoms with Gasteiger partial charge in [0.05, 0.1) is 13.2 Å². The Bertz CT molecular complexity index is 419. The molecule has 1 heterocycles. The van der Waals surface area contributed by atoms with Crippen LogP contribution in [0, 0.1) is 0 Å². The largest absolute Gasteiger partial charge is 0.395 e. The van der Waals surface area contributed by atoms with Crippen LogP contribution >= 0.6 is 0 Å². The first-order valence-electron chi connectivity index (χ1n) is 7.80. The number of aliphatic hydroxyl groups excluding tert-OH is 1. The molecule has 0 unspecified atom stereocenters. The molecule has 1 aliphatic carbocycles. The Kier molecular flexibility index (Phi) is 6.63. The molecule has 0 saturated heterocycles. The second kappa shape index (κ2) is 8.74. The van der Waals surface area contributed by atoms with Crippen LogP contribution in [0.25, 0.3) is 0 Å². The van der Waals surface area contributed by atoms with Gasteiger partial charge in [0.25, 0.3) is 0 Å². The number of hydrogen-bond acceptors (Lipinski definition) is 4. The van der Waals surface area contributed by atoms with Crippen LogP contribution in [-0.2, 0) is 11.3 Å². The van der Waals surface area contributed by atoms with Crippen LogP contribution in [0.3, 0.4) is 0 Å². The molecule has 5 heteroatoms. The van der Waals surface area contributed by atoms with Crippen molar-refractivity contribution in [3.05, 3.63) is 30.1 Å². The Labute approximate surface area is 126 Å². The third kappa shape index (κ3) is 5.44. The topological polar surface area (TPSA) is 65.5 Å². The van der Waals surface area contributed by atoms with Gasteiger partial charge in [0, 0.05) is 31.5 Å². The summed E-state index contributed by atoms with van der Waals surface area (Å²) in [5.74, 6) is 0.0119. The number of aliphatic hydroxyl groups is 1. The maximum atomic E-state index is 12.1. The van der Waals surface area contributed by atoms with Crippen LogP contribution < -0.4 is 5.32 Å². The number of amides is 1. The average molecular weight is 291 g/mol. The van der Waals surface area contributed by atoms with E-state index >= 15 is 0 Å². The van der Waals surface area contributed by atoms with Crippen LogP contribution in [0.15, 0.2) is 24.5 Å². The summed E-state index contributed by atoms with van der Waals surface area (Å²) in [6.45, 7) is 1.55. The highest BCUT2D eigenvalue weighted by Gasteiger charge is 2.22. The van der Waals surface area contributed by atoms with Gasteiger partial charge in [-0.25, -0.2) is 0 Å². The fourth-order valence-corrected chi connectivity index (χ4v) is 2.91. The van der Waals surface area contributed by atoms with Crippen LogP contribution in [0.5, 0.6) is 0 Å². The number of hydrogen-bond donors (Lipinski definition) is 2. The summed E-state index contributed by atoms with van der Waals surface area (Å²) in [5.41, 5.74) is 0.997. The Morgan fingerprint density at radius 3 is 2.86 bits per heavy atom. The van der Waals surface area contributed by atoms with Crippen molar-refractivity contribution in [3.63, 3.8) is 0 Å². The van der Waals surface area contributed by atoms with Gasteiger partial charge in [0.2, 0.25) is 5.91 Å². The van der Waals surface area contributed by atoms with Gasteiger partial charge in [-0.15, -0.1) is 0 Å². The minimum atomic E-state index is 0.0119. The Balaban J connectivity index is 1.80. The van der Waals surface area contributed by atoms with Gasteiger partial charge in [0.15, 0.2) is 0 Å². The van der Waals surface area contributed by atoms with Gasteiger partial charge in [-0.05, 0) is 24.5 Å². The molecule has 2 N–H and O–H groups in total. The zero-order valence-corrected chi connectivity index (χ0v) is 12.5. The van der Waals surface area contributed by atoms with Crippen molar-refractivity contribution < 1.29 is 9.90 Å². The van der Waals surface area contributed by atoms with E-state index in [4.69, 9.17) is 0 Å². The molecule has 0 atom stereocenters.